The van der Waals surface area contributed by atoms with Crippen LogP contribution in [0.4, 0.5) is 0 Å². The van der Waals surface area contributed by atoms with Gasteiger partial charge >= 0.3 is 0 Å². The first-order valence-corrected chi connectivity index (χ1v) is 4.65. The van der Waals surface area contributed by atoms with Crippen LogP contribution >= 0.6 is 0 Å². The molecule has 0 aromatic heterocycles. The Bertz CT molecular complexity index is 301. The number of allylic oxidation sites excluding steroid dienone is 3. The third-order valence-corrected chi connectivity index (χ3v) is 2.06. The minimum absolute atomic E-state index is 0.233. The molecule has 0 amide bonds. The van der Waals surface area contributed by atoms with E-state index in [0.717, 1.165) is 19.4 Å². The third-order valence-electron chi connectivity index (χ3n) is 2.06. The van der Waals surface area contributed by atoms with Crippen LogP contribution < -0.4 is 5.73 Å². The summed E-state index contributed by atoms with van der Waals surface area (Å²) in [6.07, 6.45) is 13.3. The van der Waals surface area contributed by atoms with Crippen LogP contribution in [0, 0.1) is 12.3 Å². The van der Waals surface area contributed by atoms with E-state index in [1.165, 1.54) is 0 Å². The second-order valence-corrected chi connectivity index (χ2v) is 3.19. The van der Waals surface area contributed by atoms with Gasteiger partial charge in [-0.05, 0) is 18.9 Å². The number of hydrogen-bond donors (Lipinski definition) is 1. The van der Waals surface area contributed by atoms with Crippen LogP contribution in [0.1, 0.15) is 12.8 Å². The molecule has 14 heavy (non-hydrogen) atoms. The maximum absolute atomic E-state index is 5.47. The van der Waals surface area contributed by atoms with Gasteiger partial charge in [-0.3, -0.25) is 0 Å². The van der Waals surface area contributed by atoms with Crippen molar-refractivity contribution in [1.82, 2.24) is 0 Å². The van der Waals surface area contributed by atoms with Gasteiger partial charge < -0.3 is 10.5 Å². The first-order valence-electron chi connectivity index (χ1n) is 4.65. The van der Waals surface area contributed by atoms with Crippen LogP contribution in [0.2, 0.25) is 0 Å². The summed E-state index contributed by atoms with van der Waals surface area (Å²) >= 11 is 0. The molecule has 74 valence electrons. The van der Waals surface area contributed by atoms with Gasteiger partial charge in [0.25, 0.3) is 0 Å². The molecule has 0 saturated carbocycles. The van der Waals surface area contributed by atoms with Crippen LogP contribution in [0.15, 0.2) is 36.1 Å². The van der Waals surface area contributed by atoms with Gasteiger partial charge in [0.15, 0.2) is 0 Å². The zero-order valence-electron chi connectivity index (χ0n) is 8.20. The third kappa shape index (κ3) is 3.12. The maximum Gasteiger partial charge on any atom is 0.0759 e. The van der Waals surface area contributed by atoms with Crippen LogP contribution in [-0.2, 0) is 4.74 Å². The molecule has 1 aliphatic heterocycles. The fourth-order valence-corrected chi connectivity index (χ4v) is 1.28. The largest absolute Gasteiger partial charge is 0.398 e. The second-order valence-electron chi connectivity index (χ2n) is 3.19. The highest BCUT2D eigenvalue weighted by atomic mass is 16.5. The van der Waals surface area contributed by atoms with Crippen molar-refractivity contribution in [1.29, 1.82) is 0 Å². The van der Waals surface area contributed by atoms with E-state index >= 15 is 0 Å². The molecule has 0 aromatic rings. The summed E-state index contributed by atoms with van der Waals surface area (Å²) in [7, 11) is 0. The van der Waals surface area contributed by atoms with Gasteiger partial charge in [-0.1, -0.05) is 24.7 Å². The van der Waals surface area contributed by atoms with Crippen LogP contribution in [0.5, 0.6) is 0 Å². The van der Waals surface area contributed by atoms with E-state index in [0.29, 0.717) is 11.3 Å². The van der Waals surface area contributed by atoms with Gasteiger partial charge in [0.1, 0.15) is 0 Å². The summed E-state index contributed by atoms with van der Waals surface area (Å²) < 4.78 is 5.41. The van der Waals surface area contributed by atoms with Crippen molar-refractivity contribution in [3.8, 4) is 12.3 Å². The Hall–Kier alpha value is -1.46. The summed E-state index contributed by atoms with van der Waals surface area (Å²) in [4.78, 5) is 0. The molecule has 2 N–H and O–H groups in total. The van der Waals surface area contributed by atoms with Crippen molar-refractivity contribution in [2.75, 3.05) is 6.61 Å². The van der Waals surface area contributed by atoms with Crippen molar-refractivity contribution >= 4 is 0 Å². The quantitative estimate of drug-likeness (QED) is 0.542. The van der Waals surface area contributed by atoms with Crippen molar-refractivity contribution < 1.29 is 4.74 Å². The highest BCUT2D eigenvalue weighted by molar-refractivity contribution is 5.43. The number of ether oxygens (including phenoxy) is 1. The van der Waals surface area contributed by atoms with E-state index in [1.807, 2.05) is 12.2 Å². The van der Waals surface area contributed by atoms with E-state index in [2.05, 4.69) is 12.5 Å². The minimum Gasteiger partial charge on any atom is -0.398 e. The number of hydrogen-bond acceptors (Lipinski definition) is 2. The lowest BCUT2D eigenvalue weighted by molar-refractivity contribution is 0.145. The number of terminal acetylenes is 1. The monoisotopic (exact) mass is 189 g/mol. The maximum atomic E-state index is 5.47. The van der Waals surface area contributed by atoms with Crippen molar-refractivity contribution in [3.05, 3.63) is 36.1 Å². The molecule has 0 aliphatic carbocycles. The van der Waals surface area contributed by atoms with E-state index < -0.39 is 0 Å². The summed E-state index contributed by atoms with van der Waals surface area (Å²) in [5, 5.41) is 0. The van der Waals surface area contributed by atoms with E-state index in [1.54, 1.807) is 6.08 Å². The molecule has 0 radical (unpaired) electrons. The van der Waals surface area contributed by atoms with E-state index in [9.17, 15) is 0 Å². The number of nitrogens with two attached hydrogens (primary N) is 1. The summed E-state index contributed by atoms with van der Waals surface area (Å²) in [5.74, 6) is 2.47. The molecule has 1 aliphatic rings. The van der Waals surface area contributed by atoms with E-state index in [4.69, 9.17) is 16.9 Å². The topological polar surface area (TPSA) is 35.2 Å². The van der Waals surface area contributed by atoms with Crippen LogP contribution in [0.3, 0.4) is 0 Å². The zero-order chi connectivity index (χ0) is 10.4. The molecular weight excluding hydrogens is 174 g/mol. The lowest BCUT2D eigenvalue weighted by atomic mass is 10.2. The highest BCUT2D eigenvalue weighted by Crippen LogP contribution is 2.13. The van der Waals surface area contributed by atoms with E-state index in [-0.39, 0.29) is 6.10 Å². The molecule has 1 fully saturated rings. The zero-order valence-corrected chi connectivity index (χ0v) is 8.20. The fourth-order valence-electron chi connectivity index (χ4n) is 1.28. The molecule has 2 nitrogen and oxygen atoms in total. The molecule has 1 rings (SSSR count). The van der Waals surface area contributed by atoms with Gasteiger partial charge in [-0.15, -0.1) is 6.42 Å². The average Bonchev–Trinajstić information content (AvgIpc) is 2.64. The molecule has 1 atom stereocenters. The fraction of sp³-hybridized carbons (Fsp3) is 0.333. The number of rotatable bonds is 3. The smallest absolute Gasteiger partial charge is 0.0759 e. The molecular formula is C12H15NO. The van der Waals surface area contributed by atoms with Gasteiger partial charge in [0.05, 0.1) is 6.10 Å². The Morgan fingerprint density at radius 3 is 2.93 bits per heavy atom. The Balaban J connectivity index is 2.51. The molecule has 1 saturated heterocycles. The predicted octanol–water partition coefficient (Wildman–Crippen LogP) is 1.75. The standard InChI is InChI=1S/C12H15NO/c1-3-11(10(2)13)6-4-7-12-8-5-9-14-12/h1,4,6-7,12H,2,5,8-9,13H2/b7-4+,11-6+. The molecule has 2 heteroatoms. The Morgan fingerprint density at radius 2 is 2.43 bits per heavy atom. The molecule has 0 spiro atoms. The van der Waals surface area contributed by atoms with Crippen molar-refractivity contribution in [2.45, 2.75) is 18.9 Å². The minimum atomic E-state index is 0.233. The molecule has 0 aromatic carbocycles. The van der Waals surface area contributed by atoms with Gasteiger partial charge in [0, 0.05) is 17.9 Å². The Morgan fingerprint density at radius 1 is 1.64 bits per heavy atom. The second kappa shape index (κ2) is 5.31. The lowest BCUT2D eigenvalue weighted by Crippen LogP contribution is -1.99. The van der Waals surface area contributed by atoms with Crippen molar-refractivity contribution in [2.24, 2.45) is 5.73 Å². The average molecular weight is 189 g/mol. The Kier molecular flexibility index (Phi) is 4.03. The molecule has 1 unspecified atom stereocenters. The van der Waals surface area contributed by atoms with Gasteiger partial charge in [-0.2, -0.15) is 0 Å². The first kappa shape index (κ1) is 10.6. The molecule has 1 heterocycles. The predicted molar refractivity (Wildman–Crippen MR) is 58.4 cm³/mol. The summed E-state index contributed by atoms with van der Waals surface area (Å²) in [5.41, 5.74) is 6.52. The SMILES string of the molecule is C#C/C(=C\C=C\C1CCCO1)C(=C)N. The Labute approximate surface area is 85.1 Å². The lowest BCUT2D eigenvalue weighted by Gasteiger charge is -2.00. The summed E-state index contributed by atoms with van der Waals surface area (Å²) in [6, 6.07) is 0. The molecule has 0 bridgehead atoms. The highest BCUT2D eigenvalue weighted by Gasteiger charge is 2.10. The normalized spacial score (nSPS) is 22.5. The van der Waals surface area contributed by atoms with Crippen LogP contribution in [0.25, 0.3) is 0 Å². The van der Waals surface area contributed by atoms with Crippen LogP contribution in [-0.4, -0.2) is 12.7 Å². The summed E-state index contributed by atoms with van der Waals surface area (Å²) in [6.45, 7) is 4.43. The van der Waals surface area contributed by atoms with Crippen molar-refractivity contribution in [3.63, 3.8) is 0 Å². The van der Waals surface area contributed by atoms with Gasteiger partial charge in [0.2, 0.25) is 0 Å². The first-order chi connectivity index (χ1) is 6.74. The van der Waals surface area contributed by atoms with Gasteiger partial charge in [-0.25, -0.2) is 0 Å².